The number of nitrogens with one attached hydrogen (secondary N) is 1. The van der Waals surface area contributed by atoms with Gasteiger partial charge in [0.25, 0.3) is 0 Å². The lowest BCUT2D eigenvalue weighted by molar-refractivity contribution is 0.549. The average molecular weight is 222 g/mol. The number of nitrogens with zero attached hydrogens (tertiary/aromatic N) is 1. The van der Waals surface area contributed by atoms with E-state index in [1.165, 1.54) is 0 Å². The molecule has 0 aliphatic carbocycles. The molecule has 0 fully saturated rings. The lowest BCUT2D eigenvalue weighted by Crippen LogP contribution is -2.09. The Morgan fingerprint density at radius 3 is 3.00 bits per heavy atom. The molecule has 0 spiro atoms. The van der Waals surface area contributed by atoms with Gasteiger partial charge in [-0.05, 0) is 26.1 Å². The molecule has 0 saturated carbocycles. The lowest BCUT2D eigenvalue weighted by atomic mass is 10.4. The van der Waals surface area contributed by atoms with E-state index in [4.69, 9.17) is 4.42 Å². The first-order valence-electron chi connectivity index (χ1n) is 4.95. The Labute approximate surface area is 93.2 Å². The van der Waals surface area contributed by atoms with Crippen LogP contribution in [0.3, 0.4) is 0 Å². The summed E-state index contributed by atoms with van der Waals surface area (Å²) in [4.78, 5) is 5.46. The monoisotopic (exact) mass is 222 g/mol. The van der Waals surface area contributed by atoms with Gasteiger partial charge in [-0.3, -0.25) is 0 Å². The van der Waals surface area contributed by atoms with Gasteiger partial charge in [0, 0.05) is 19.2 Å². The van der Waals surface area contributed by atoms with Crippen LogP contribution in [0.5, 0.6) is 0 Å². The summed E-state index contributed by atoms with van der Waals surface area (Å²) in [7, 11) is 1.95. The van der Waals surface area contributed by atoms with Crippen molar-refractivity contribution in [3.05, 3.63) is 29.1 Å². The highest BCUT2D eigenvalue weighted by atomic mass is 32.1. The van der Waals surface area contributed by atoms with Crippen LogP contribution < -0.4 is 5.32 Å². The van der Waals surface area contributed by atoms with Crippen molar-refractivity contribution in [3.8, 4) is 10.6 Å². The minimum Gasteiger partial charge on any atom is -0.460 e. The topological polar surface area (TPSA) is 38.1 Å². The number of furan rings is 1. The molecule has 0 aliphatic rings. The number of aryl methyl sites for hydroxylation is 1. The van der Waals surface area contributed by atoms with Gasteiger partial charge in [0.1, 0.15) is 11.5 Å². The summed E-state index contributed by atoms with van der Waals surface area (Å²) in [5.74, 6) is 1.86. The number of hydrogen-bond donors (Lipinski definition) is 1. The summed E-state index contributed by atoms with van der Waals surface area (Å²) in [5, 5.41) is 4.26. The van der Waals surface area contributed by atoms with Crippen molar-refractivity contribution in [1.29, 1.82) is 0 Å². The molecule has 0 bridgehead atoms. The Balaban J connectivity index is 2.13. The molecular weight excluding hydrogens is 208 g/mol. The van der Waals surface area contributed by atoms with Crippen molar-refractivity contribution in [3.63, 3.8) is 0 Å². The zero-order valence-corrected chi connectivity index (χ0v) is 9.73. The van der Waals surface area contributed by atoms with Gasteiger partial charge in [0.2, 0.25) is 0 Å². The molecule has 2 rings (SSSR count). The second kappa shape index (κ2) is 4.59. The van der Waals surface area contributed by atoms with Crippen LogP contribution in [-0.2, 0) is 6.42 Å². The number of aromatic nitrogens is 1. The quantitative estimate of drug-likeness (QED) is 0.863. The average Bonchev–Trinajstić information content (AvgIpc) is 2.83. The summed E-state index contributed by atoms with van der Waals surface area (Å²) in [5.41, 5.74) is 0. The van der Waals surface area contributed by atoms with Crippen molar-refractivity contribution >= 4 is 11.3 Å². The fraction of sp³-hybridized carbons (Fsp3) is 0.364. The summed E-state index contributed by atoms with van der Waals surface area (Å²) in [6.45, 7) is 2.91. The normalized spacial score (nSPS) is 10.8. The molecule has 0 unspecified atom stereocenters. The summed E-state index contributed by atoms with van der Waals surface area (Å²) in [6, 6.07) is 3.97. The Kier molecular flexibility index (Phi) is 3.18. The maximum absolute atomic E-state index is 5.54. The van der Waals surface area contributed by atoms with E-state index in [9.17, 15) is 0 Å². The van der Waals surface area contributed by atoms with E-state index in [2.05, 4.69) is 10.3 Å². The van der Waals surface area contributed by atoms with E-state index in [-0.39, 0.29) is 0 Å². The highest BCUT2D eigenvalue weighted by molar-refractivity contribution is 7.15. The van der Waals surface area contributed by atoms with Gasteiger partial charge in [-0.15, -0.1) is 11.3 Å². The van der Waals surface area contributed by atoms with Crippen molar-refractivity contribution in [2.45, 2.75) is 13.3 Å². The number of rotatable bonds is 4. The first-order valence-corrected chi connectivity index (χ1v) is 5.77. The molecule has 4 heteroatoms. The third-order valence-electron chi connectivity index (χ3n) is 2.13. The summed E-state index contributed by atoms with van der Waals surface area (Å²) in [6.07, 6.45) is 2.86. The van der Waals surface area contributed by atoms with Gasteiger partial charge in [-0.2, -0.15) is 0 Å². The van der Waals surface area contributed by atoms with Gasteiger partial charge in [0.15, 0.2) is 0 Å². The zero-order chi connectivity index (χ0) is 10.7. The van der Waals surface area contributed by atoms with E-state index in [0.717, 1.165) is 34.4 Å². The van der Waals surface area contributed by atoms with Gasteiger partial charge < -0.3 is 9.73 Å². The standard InChI is InChI=1S/C11H14N2OS/c1-8-3-4-9(14-8)10-7-13-11(15-10)5-6-12-2/h3-4,7,12H,5-6H2,1-2H3. The molecule has 0 aromatic carbocycles. The van der Waals surface area contributed by atoms with E-state index in [0.29, 0.717) is 0 Å². The molecule has 1 N–H and O–H groups in total. The minimum atomic E-state index is 0.917. The molecule has 0 aliphatic heterocycles. The smallest absolute Gasteiger partial charge is 0.145 e. The van der Waals surface area contributed by atoms with E-state index < -0.39 is 0 Å². The fourth-order valence-corrected chi connectivity index (χ4v) is 2.22. The molecule has 2 aromatic rings. The van der Waals surface area contributed by atoms with Crippen LogP contribution in [0.1, 0.15) is 10.8 Å². The van der Waals surface area contributed by atoms with Crippen molar-refractivity contribution < 1.29 is 4.42 Å². The number of hydrogen-bond acceptors (Lipinski definition) is 4. The van der Waals surface area contributed by atoms with Crippen LogP contribution in [0.4, 0.5) is 0 Å². The van der Waals surface area contributed by atoms with Crippen LogP contribution in [0.2, 0.25) is 0 Å². The molecule has 2 aromatic heterocycles. The summed E-state index contributed by atoms with van der Waals surface area (Å²) < 4.78 is 5.54. The van der Waals surface area contributed by atoms with Crippen LogP contribution in [0, 0.1) is 6.92 Å². The molecule has 3 nitrogen and oxygen atoms in total. The number of likely N-dealkylation sites (N-methyl/N-ethyl adjacent to an activating group) is 1. The van der Waals surface area contributed by atoms with Crippen LogP contribution in [0.15, 0.2) is 22.7 Å². The van der Waals surface area contributed by atoms with E-state index >= 15 is 0 Å². The lowest BCUT2D eigenvalue weighted by Gasteiger charge is -1.92. The second-order valence-electron chi connectivity index (χ2n) is 3.38. The summed E-state index contributed by atoms with van der Waals surface area (Å²) >= 11 is 1.69. The molecule has 15 heavy (non-hydrogen) atoms. The first-order chi connectivity index (χ1) is 7.29. The minimum absolute atomic E-state index is 0.917. The SMILES string of the molecule is CNCCc1ncc(-c2ccc(C)o2)s1. The van der Waals surface area contributed by atoms with Gasteiger partial charge >= 0.3 is 0 Å². The van der Waals surface area contributed by atoms with E-state index in [1.807, 2.05) is 32.3 Å². The second-order valence-corrected chi connectivity index (χ2v) is 4.50. The maximum atomic E-state index is 5.54. The molecular formula is C11H14N2OS. The largest absolute Gasteiger partial charge is 0.460 e. The predicted octanol–water partition coefficient (Wildman–Crippen LogP) is 2.47. The molecule has 0 atom stereocenters. The molecule has 0 amide bonds. The third kappa shape index (κ3) is 2.46. The van der Waals surface area contributed by atoms with Crippen LogP contribution >= 0.6 is 11.3 Å². The molecule has 0 radical (unpaired) electrons. The van der Waals surface area contributed by atoms with Crippen LogP contribution in [-0.4, -0.2) is 18.6 Å². The highest BCUT2D eigenvalue weighted by Crippen LogP contribution is 2.27. The van der Waals surface area contributed by atoms with Gasteiger partial charge in [0.05, 0.1) is 9.88 Å². The van der Waals surface area contributed by atoms with Crippen molar-refractivity contribution in [1.82, 2.24) is 10.3 Å². The zero-order valence-electron chi connectivity index (χ0n) is 8.91. The predicted molar refractivity (Wildman–Crippen MR) is 62.2 cm³/mol. The third-order valence-corrected chi connectivity index (χ3v) is 3.20. The van der Waals surface area contributed by atoms with Gasteiger partial charge in [-0.1, -0.05) is 0 Å². The fourth-order valence-electron chi connectivity index (χ4n) is 1.34. The number of thiazole rings is 1. The Bertz CT molecular complexity index is 433. The van der Waals surface area contributed by atoms with E-state index in [1.54, 1.807) is 11.3 Å². The Hall–Kier alpha value is -1.13. The van der Waals surface area contributed by atoms with Crippen molar-refractivity contribution in [2.24, 2.45) is 0 Å². The molecule has 0 saturated heterocycles. The Morgan fingerprint density at radius 2 is 2.33 bits per heavy atom. The van der Waals surface area contributed by atoms with Crippen molar-refractivity contribution in [2.75, 3.05) is 13.6 Å². The maximum Gasteiger partial charge on any atom is 0.145 e. The Morgan fingerprint density at radius 1 is 1.47 bits per heavy atom. The van der Waals surface area contributed by atoms with Gasteiger partial charge in [-0.25, -0.2) is 4.98 Å². The first kappa shape index (κ1) is 10.4. The molecule has 80 valence electrons. The molecule has 2 heterocycles. The highest BCUT2D eigenvalue weighted by Gasteiger charge is 2.07. The van der Waals surface area contributed by atoms with Crippen LogP contribution in [0.25, 0.3) is 10.6 Å².